The fraction of sp³-hybridized carbons (Fsp3) is 0.857. The number of nitrogens with one attached hydrogen (secondary N) is 1. The van der Waals surface area contributed by atoms with Crippen LogP contribution in [0, 0.1) is 16.7 Å². The van der Waals surface area contributed by atoms with E-state index in [2.05, 4.69) is 18.3 Å². The van der Waals surface area contributed by atoms with Gasteiger partial charge in [-0.25, -0.2) is 0 Å². The third-order valence-corrected chi connectivity index (χ3v) is 5.58. The normalized spacial score (nSPS) is 30.0. The van der Waals surface area contributed by atoms with Gasteiger partial charge in [0.2, 0.25) is 5.91 Å². The van der Waals surface area contributed by atoms with E-state index in [0.29, 0.717) is 5.25 Å². The van der Waals surface area contributed by atoms with Crippen LogP contribution in [0.15, 0.2) is 0 Å². The summed E-state index contributed by atoms with van der Waals surface area (Å²) >= 11 is 1.94. The van der Waals surface area contributed by atoms with Crippen LogP contribution in [-0.4, -0.2) is 23.0 Å². The van der Waals surface area contributed by atoms with Crippen LogP contribution in [-0.2, 0) is 4.79 Å². The molecule has 0 spiro atoms. The Morgan fingerprint density at radius 2 is 2.11 bits per heavy atom. The maximum absolute atomic E-state index is 12.4. The lowest BCUT2D eigenvalue weighted by Gasteiger charge is -2.25. The van der Waals surface area contributed by atoms with Crippen molar-refractivity contribution in [3.05, 3.63) is 0 Å². The summed E-state index contributed by atoms with van der Waals surface area (Å²) in [5.41, 5.74) is -0.718. The first-order valence-electron chi connectivity index (χ1n) is 7.05. The maximum atomic E-state index is 12.4. The molecule has 0 heterocycles. The maximum Gasteiger partial charge on any atom is 0.240 e. The van der Waals surface area contributed by atoms with Gasteiger partial charge >= 0.3 is 0 Å². The minimum Gasteiger partial charge on any atom is -0.351 e. The first-order valence-corrected chi connectivity index (χ1v) is 8.10. The number of amides is 1. The lowest BCUT2D eigenvalue weighted by Crippen LogP contribution is -2.46. The lowest BCUT2D eigenvalue weighted by atomic mass is 9.86. The predicted molar refractivity (Wildman–Crippen MR) is 74.2 cm³/mol. The Hall–Kier alpha value is -0.690. The number of nitriles is 1. The van der Waals surface area contributed by atoms with Gasteiger partial charge in [-0.15, -0.1) is 0 Å². The largest absolute Gasteiger partial charge is 0.351 e. The van der Waals surface area contributed by atoms with Crippen LogP contribution >= 0.6 is 11.8 Å². The van der Waals surface area contributed by atoms with Gasteiger partial charge in [-0.1, -0.05) is 26.2 Å². The summed E-state index contributed by atoms with van der Waals surface area (Å²) < 4.78 is 0. The van der Waals surface area contributed by atoms with Crippen LogP contribution in [0.3, 0.4) is 0 Å². The Balaban J connectivity index is 1.96. The Labute approximate surface area is 114 Å². The van der Waals surface area contributed by atoms with Gasteiger partial charge in [0.15, 0.2) is 0 Å². The smallest absolute Gasteiger partial charge is 0.240 e. The summed E-state index contributed by atoms with van der Waals surface area (Å²) in [6.07, 6.45) is 6.98. The highest BCUT2D eigenvalue weighted by molar-refractivity contribution is 7.99. The van der Waals surface area contributed by atoms with Crippen LogP contribution < -0.4 is 5.32 Å². The van der Waals surface area contributed by atoms with Crippen LogP contribution in [0.25, 0.3) is 0 Å². The number of carbonyl (C=O) groups excluding carboxylic acids is 1. The molecule has 0 aliphatic heterocycles. The summed E-state index contributed by atoms with van der Waals surface area (Å²) in [6.45, 7) is 2.16. The molecule has 0 radical (unpaired) electrons. The van der Waals surface area contributed by atoms with Gasteiger partial charge in [0.25, 0.3) is 0 Å². The number of rotatable bonds is 4. The molecule has 0 aromatic carbocycles. The summed E-state index contributed by atoms with van der Waals surface area (Å²) in [4.78, 5) is 12.4. The molecule has 2 rings (SSSR count). The molecule has 2 unspecified atom stereocenters. The SMILES string of the molecule is CCSC1CCCC1NC(=O)C1(C#N)CCCC1. The number of hydrogen-bond donors (Lipinski definition) is 1. The molecule has 1 N–H and O–H groups in total. The van der Waals surface area contributed by atoms with Crippen molar-refractivity contribution in [1.29, 1.82) is 5.26 Å². The molecule has 1 amide bonds. The quantitative estimate of drug-likeness (QED) is 0.851. The molecule has 2 saturated carbocycles. The average molecular weight is 266 g/mol. The van der Waals surface area contributed by atoms with Crippen molar-refractivity contribution in [2.75, 3.05) is 5.75 Å². The third kappa shape index (κ3) is 2.66. The van der Waals surface area contributed by atoms with E-state index < -0.39 is 5.41 Å². The molecule has 0 aromatic heterocycles. The van der Waals surface area contributed by atoms with E-state index in [4.69, 9.17) is 0 Å². The molecule has 0 saturated heterocycles. The summed E-state index contributed by atoms with van der Waals surface area (Å²) in [7, 11) is 0. The summed E-state index contributed by atoms with van der Waals surface area (Å²) in [6, 6.07) is 2.56. The van der Waals surface area contributed by atoms with Crippen LogP contribution in [0.2, 0.25) is 0 Å². The second kappa shape index (κ2) is 5.97. The molecule has 0 bridgehead atoms. The van der Waals surface area contributed by atoms with Crippen molar-refractivity contribution in [3.63, 3.8) is 0 Å². The van der Waals surface area contributed by atoms with E-state index in [9.17, 15) is 10.1 Å². The number of carbonyl (C=O) groups is 1. The predicted octanol–water partition coefficient (Wildman–Crippen LogP) is 2.86. The van der Waals surface area contributed by atoms with Crippen molar-refractivity contribution in [2.24, 2.45) is 5.41 Å². The van der Waals surface area contributed by atoms with Crippen LogP contribution in [0.4, 0.5) is 0 Å². The number of nitrogens with zero attached hydrogens (tertiary/aromatic N) is 1. The fourth-order valence-corrected chi connectivity index (χ4v) is 4.38. The molecule has 2 atom stereocenters. The Morgan fingerprint density at radius 3 is 2.72 bits per heavy atom. The van der Waals surface area contributed by atoms with Crippen molar-refractivity contribution >= 4 is 17.7 Å². The zero-order chi connectivity index (χ0) is 13.0. The Bertz CT molecular complexity index is 344. The molecule has 18 heavy (non-hydrogen) atoms. The molecule has 100 valence electrons. The molecule has 2 aliphatic rings. The van der Waals surface area contributed by atoms with Gasteiger partial charge in [0.1, 0.15) is 5.41 Å². The number of thioether (sulfide) groups is 1. The van der Waals surface area contributed by atoms with E-state index in [1.165, 1.54) is 12.8 Å². The van der Waals surface area contributed by atoms with Gasteiger partial charge in [0.05, 0.1) is 6.07 Å². The van der Waals surface area contributed by atoms with Crippen LogP contribution in [0.5, 0.6) is 0 Å². The third-order valence-electron chi connectivity index (χ3n) is 4.26. The molecule has 4 heteroatoms. The first-order chi connectivity index (χ1) is 8.72. The monoisotopic (exact) mass is 266 g/mol. The van der Waals surface area contributed by atoms with E-state index in [1.807, 2.05) is 11.8 Å². The van der Waals surface area contributed by atoms with Crippen molar-refractivity contribution in [2.45, 2.75) is 63.2 Å². The molecule has 0 aromatic rings. The van der Waals surface area contributed by atoms with Gasteiger partial charge < -0.3 is 5.32 Å². The molecule has 3 nitrogen and oxygen atoms in total. The first kappa shape index (κ1) is 13.7. The molecule has 2 aliphatic carbocycles. The highest BCUT2D eigenvalue weighted by atomic mass is 32.2. The standard InChI is InChI=1S/C14H22N2OS/c1-2-18-12-7-5-6-11(12)16-13(17)14(10-15)8-3-4-9-14/h11-12H,2-9H2,1H3,(H,16,17). The zero-order valence-electron chi connectivity index (χ0n) is 11.1. The van der Waals surface area contributed by atoms with Crippen LogP contribution in [0.1, 0.15) is 51.9 Å². The zero-order valence-corrected chi connectivity index (χ0v) is 11.9. The van der Waals surface area contributed by atoms with Gasteiger partial charge in [0, 0.05) is 11.3 Å². The average Bonchev–Trinajstić information content (AvgIpc) is 3.00. The molecule has 2 fully saturated rings. The summed E-state index contributed by atoms with van der Waals surface area (Å²) in [5.74, 6) is 1.09. The highest BCUT2D eigenvalue weighted by Gasteiger charge is 2.43. The van der Waals surface area contributed by atoms with Crippen molar-refractivity contribution < 1.29 is 4.79 Å². The lowest BCUT2D eigenvalue weighted by molar-refractivity contribution is -0.128. The van der Waals surface area contributed by atoms with Gasteiger partial charge in [-0.2, -0.15) is 17.0 Å². The van der Waals surface area contributed by atoms with Crippen molar-refractivity contribution in [3.8, 4) is 6.07 Å². The minimum atomic E-state index is -0.718. The highest BCUT2D eigenvalue weighted by Crippen LogP contribution is 2.38. The molecular formula is C14H22N2OS. The number of hydrogen-bond acceptors (Lipinski definition) is 3. The minimum absolute atomic E-state index is 0.00361. The topological polar surface area (TPSA) is 52.9 Å². The van der Waals surface area contributed by atoms with Gasteiger partial charge in [-0.3, -0.25) is 4.79 Å². The second-order valence-corrected chi connectivity index (χ2v) is 6.92. The van der Waals surface area contributed by atoms with E-state index in [1.54, 1.807) is 0 Å². The Morgan fingerprint density at radius 1 is 1.39 bits per heavy atom. The van der Waals surface area contributed by atoms with Crippen molar-refractivity contribution in [1.82, 2.24) is 5.32 Å². The fourth-order valence-electron chi connectivity index (χ4n) is 3.18. The Kier molecular flexibility index (Phi) is 4.55. The molecular weight excluding hydrogens is 244 g/mol. The second-order valence-electron chi connectivity index (χ2n) is 5.41. The van der Waals surface area contributed by atoms with E-state index in [-0.39, 0.29) is 11.9 Å². The van der Waals surface area contributed by atoms with Gasteiger partial charge in [-0.05, 0) is 31.4 Å². The summed E-state index contributed by atoms with van der Waals surface area (Å²) in [5, 5.41) is 13.0. The van der Waals surface area contributed by atoms with E-state index >= 15 is 0 Å². The van der Waals surface area contributed by atoms with E-state index in [0.717, 1.165) is 37.9 Å².